The Bertz CT molecular complexity index is 877. The molecule has 3 aromatic rings. The van der Waals surface area contributed by atoms with Crippen LogP contribution in [0.1, 0.15) is 21.5 Å². The molecule has 0 aliphatic rings. The maximum Gasteiger partial charge on any atom is 0.257 e. The molecule has 0 saturated heterocycles. The van der Waals surface area contributed by atoms with Gasteiger partial charge in [-0.1, -0.05) is 41.4 Å². The first-order valence-corrected chi connectivity index (χ1v) is 8.79. The highest BCUT2D eigenvalue weighted by atomic mass is 35.5. The second-order valence-electron chi connectivity index (χ2n) is 6.09. The lowest BCUT2D eigenvalue weighted by Gasteiger charge is -2.09. The number of anilines is 2. The number of amides is 1. The van der Waals surface area contributed by atoms with Crippen molar-refractivity contribution in [2.75, 3.05) is 17.2 Å². The quantitative estimate of drug-likeness (QED) is 0.649. The molecule has 1 heterocycles. The van der Waals surface area contributed by atoms with Crippen molar-refractivity contribution in [3.63, 3.8) is 0 Å². The van der Waals surface area contributed by atoms with Gasteiger partial charge in [-0.2, -0.15) is 0 Å². The number of nitrogens with zero attached hydrogens (tertiary/aromatic N) is 1. The number of hydrogen-bond acceptors (Lipinski definition) is 3. The van der Waals surface area contributed by atoms with E-state index in [1.165, 1.54) is 5.56 Å². The molecule has 2 N–H and O–H groups in total. The third kappa shape index (κ3) is 5.07. The van der Waals surface area contributed by atoms with Crippen LogP contribution in [0, 0.1) is 6.92 Å². The van der Waals surface area contributed by atoms with Gasteiger partial charge in [0.1, 0.15) is 0 Å². The van der Waals surface area contributed by atoms with E-state index in [-0.39, 0.29) is 5.91 Å². The number of halogens is 1. The fourth-order valence-electron chi connectivity index (χ4n) is 2.50. The first-order valence-electron chi connectivity index (χ1n) is 8.41. The summed E-state index contributed by atoms with van der Waals surface area (Å²) in [5.74, 6) is -0.178. The predicted octanol–water partition coefficient (Wildman–Crippen LogP) is 4.95. The molecule has 3 rings (SSSR count). The number of aromatic nitrogens is 1. The normalized spacial score (nSPS) is 10.4. The van der Waals surface area contributed by atoms with Gasteiger partial charge < -0.3 is 10.6 Å². The summed E-state index contributed by atoms with van der Waals surface area (Å²) in [6.07, 6.45) is 4.13. The minimum atomic E-state index is -0.178. The number of pyridine rings is 1. The molecule has 2 aromatic carbocycles. The molecule has 1 amide bonds. The number of carbonyl (C=O) groups is 1. The van der Waals surface area contributed by atoms with Gasteiger partial charge in [-0.25, -0.2) is 0 Å². The summed E-state index contributed by atoms with van der Waals surface area (Å²) in [6, 6.07) is 17.3. The Morgan fingerprint density at radius 1 is 1.00 bits per heavy atom. The first kappa shape index (κ1) is 18.0. The summed E-state index contributed by atoms with van der Waals surface area (Å²) in [7, 11) is 0. The van der Waals surface area contributed by atoms with Gasteiger partial charge in [-0.05, 0) is 49.2 Å². The van der Waals surface area contributed by atoms with Crippen molar-refractivity contribution in [1.82, 2.24) is 4.98 Å². The minimum Gasteiger partial charge on any atom is -0.383 e. The Morgan fingerprint density at radius 3 is 2.46 bits per heavy atom. The average molecular weight is 366 g/mol. The lowest BCUT2D eigenvalue weighted by molar-refractivity contribution is 0.102. The lowest BCUT2D eigenvalue weighted by atomic mass is 10.1. The van der Waals surface area contributed by atoms with Gasteiger partial charge in [0.15, 0.2) is 0 Å². The molecule has 5 heteroatoms. The smallest absolute Gasteiger partial charge is 0.257 e. The minimum absolute atomic E-state index is 0.178. The van der Waals surface area contributed by atoms with Gasteiger partial charge >= 0.3 is 0 Å². The van der Waals surface area contributed by atoms with E-state index in [2.05, 4.69) is 15.6 Å². The monoisotopic (exact) mass is 365 g/mol. The topological polar surface area (TPSA) is 54.0 Å². The number of carbonyl (C=O) groups excluding carboxylic acids is 1. The van der Waals surface area contributed by atoms with Crippen LogP contribution in [0.5, 0.6) is 0 Å². The van der Waals surface area contributed by atoms with Crippen molar-refractivity contribution in [3.05, 3.63) is 88.7 Å². The van der Waals surface area contributed by atoms with Crippen LogP contribution in [0.3, 0.4) is 0 Å². The summed E-state index contributed by atoms with van der Waals surface area (Å²) in [6.45, 7) is 2.75. The van der Waals surface area contributed by atoms with E-state index in [4.69, 9.17) is 11.6 Å². The lowest BCUT2D eigenvalue weighted by Crippen LogP contribution is -2.13. The Labute approximate surface area is 158 Å². The van der Waals surface area contributed by atoms with Gasteiger partial charge in [-0.3, -0.25) is 9.78 Å². The summed E-state index contributed by atoms with van der Waals surface area (Å²) in [5, 5.41) is 6.91. The van der Waals surface area contributed by atoms with Gasteiger partial charge in [0, 0.05) is 29.6 Å². The molecule has 0 atom stereocenters. The molecule has 4 nitrogen and oxygen atoms in total. The second kappa shape index (κ2) is 8.50. The van der Waals surface area contributed by atoms with Crippen LogP contribution in [0.2, 0.25) is 5.02 Å². The zero-order valence-electron chi connectivity index (χ0n) is 14.5. The van der Waals surface area contributed by atoms with Crippen molar-refractivity contribution < 1.29 is 4.79 Å². The van der Waals surface area contributed by atoms with E-state index >= 15 is 0 Å². The standard InChI is InChI=1S/C21H20ClN3O/c1-15-2-8-19(9-3-15)25-21(26)17-12-20(14-23-13-17)24-11-10-16-4-6-18(22)7-5-16/h2-9,12-14,24H,10-11H2,1H3,(H,25,26). The molecule has 132 valence electrons. The van der Waals surface area contributed by atoms with Crippen LogP contribution in [0.25, 0.3) is 0 Å². The van der Waals surface area contributed by atoms with Crippen molar-refractivity contribution in [3.8, 4) is 0 Å². The molecular weight excluding hydrogens is 346 g/mol. The SMILES string of the molecule is Cc1ccc(NC(=O)c2cncc(NCCc3ccc(Cl)cc3)c2)cc1. The molecular formula is C21H20ClN3O. The maximum atomic E-state index is 12.4. The van der Waals surface area contributed by atoms with E-state index in [1.54, 1.807) is 18.5 Å². The average Bonchev–Trinajstić information content (AvgIpc) is 2.65. The van der Waals surface area contributed by atoms with Gasteiger partial charge in [-0.15, -0.1) is 0 Å². The highest BCUT2D eigenvalue weighted by Crippen LogP contribution is 2.14. The zero-order valence-corrected chi connectivity index (χ0v) is 15.3. The van der Waals surface area contributed by atoms with Gasteiger partial charge in [0.05, 0.1) is 11.3 Å². The first-order chi connectivity index (χ1) is 12.6. The van der Waals surface area contributed by atoms with E-state index < -0.39 is 0 Å². The third-order valence-corrected chi connectivity index (χ3v) is 4.22. The number of aryl methyl sites for hydroxylation is 1. The fraction of sp³-hybridized carbons (Fsp3) is 0.143. The summed E-state index contributed by atoms with van der Waals surface area (Å²) in [4.78, 5) is 16.5. The summed E-state index contributed by atoms with van der Waals surface area (Å²) < 4.78 is 0. The number of benzene rings is 2. The molecule has 0 spiro atoms. The van der Waals surface area contributed by atoms with Crippen LogP contribution in [0.4, 0.5) is 11.4 Å². The molecule has 0 aliphatic carbocycles. The molecule has 0 aliphatic heterocycles. The van der Waals surface area contributed by atoms with E-state index in [9.17, 15) is 4.79 Å². The largest absolute Gasteiger partial charge is 0.383 e. The number of rotatable bonds is 6. The second-order valence-corrected chi connectivity index (χ2v) is 6.52. The molecule has 0 saturated carbocycles. The van der Waals surface area contributed by atoms with Crippen LogP contribution in [-0.4, -0.2) is 17.4 Å². The van der Waals surface area contributed by atoms with Crippen LogP contribution in [-0.2, 0) is 6.42 Å². The van der Waals surface area contributed by atoms with Gasteiger partial charge in [0.2, 0.25) is 0 Å². The van der Waals surface area contributed by atoms with Crippen LogP contribution >= 0.6 is 11.6 Å². The predicted molar refractivity (Wildman–Crippen MR) is 107 cm³/mol. The third-order valence-electron chi connectivity index (χ3n) is 3.97. The van der Waals surface area contributed by atoms with E-state index in [0.717, 1.165) is 34.9 Å². The van der Waals surface area contributed by atoms with Crippen molar-refractivity contribution in [2.45, 2.75) is 13.3 Å². The van der Waals surface area contributed by atoms with Gasteiger partial charge in [0.25, 0.3) is 5.91 Å². The molecule has 1 aromatic heterocycles. The van der Waals surface area contributed by atoms with Crippen LogP contribution in [0.15, 0.2) is 67.0 Å². The van der Waals surface area contributed by atoms with E-state index in [1.807, 2.05) is 55.5 Å². The Balaban J connectivity index is 1.57. The molecule has 26 heavy (non-hydrogen) atoms. The highest BCUT2D eigenvalue weighted by molar-refractivity contribution is 6.30. The Hall–Kier alpha value is -2.85. The summed E-state index contributed by atoms with van der Waals surface area (Å²) in [5.41, 5.74) is 4.44. The number of nitrogens with one attached hydrogen (secondary N) is 2. The zero-order chi connectivity index (χ0) is 18.4. The Kier molecular flexibility index (Phi) is 5.87. The van der Waals surface area contributed by atoms with Crippen molar-refractivity contribution >= 4 is 28.9 Å². The highest BCUT2D eigenvalue weighted by Gasteiger charge is 2.07. The molecule has 0 bridgehead atoms. The fourth-order valence-corrected chi connectivity index (χ4v) is 2.63. The Morgan fingerprint density at radius 2 is 1.73 bits per heavy atom. The summed E-state index contributed by atoms with van der Waals surface area (Å²) >= 11 is 5.89. The van der Waals surface area contributed by atoms with Crippen LogP contribution < -0.4 is 10.6 Å². The van der Waals surface area contributed by atoms with Crippen molar-refractivity contribution in [2.24, 2.45) is 0 Å². The van der Waals surface area contributed by atoms with Crippen molar-refractivity contribution in [1.29, 1.82) is 0 Å². The maximum absolute atomic E-state index is 12.4. The number of hydrogen-bond donors (Lipinski definition) is 2. The van der Waals surface area contributed by atoms with E-state index in [0.29, 0.717) is 5.56 Å². The molecule has 0 fully saturated rings. The molecule has 0 unspecified atom stereocenters. The molecule has 0 radical (unpaired) electrons.